The first-order chi connectivity index (χ1) is 6.33. The van der Waals surface area contributed by atoms with Crippen LogP contribution in [0.4, 0.5) is 0 Å². The summed E-state index contributed by atoms with van der Waals surface area (Å²) in [4.78, 5) is 10.7. The maximum atomic E-state index is 10.7. The molecule has 0 aliphatic rings. The van der Waals surface area contributed by atoms with Crippen LogP contribution in [0.2, 0.25) is 0 Å². The standard InChI is InChI=1S/C11H8O2.B/c12-7-10-9-4-2-1-3-8(9)5-6-11(10)13;/h1-7,13H;. The first kappa shape index (κ1) is 10.3. The predicted octanol–water partition coefficient (Wildman–Crippen LogP) is 1.98. The van der Waals surface area contributed by atoms with Crippen molar-refractivity contribution >= 4 is 25.5 Å². The largest absolute Gasteiger partial charge is 0.507 e. The van der Waals surface area contributed by atoms with Crippen LogP contribution in [0.15, 0.2) is 36.4 Å². The zero-order valence-corrected chi connectivity index (χ0v) is 7.47. The SMILES string of the molecule is O=Cc1c(O)ccc2ccccc12.[B]. The van der Waals surface area contributed by atoms with Gasteiger partial charge in [0.25, 0.3) is 0 Å². The molecule has 0 aliphatic heterocycles. The lowest BCUT2D eigenvalue weighted by Crippen LogP contribution is -1.83. The molecule has 0 aliphatic carbocycles. The number of aldehydes is 1. The average Bonchev–Trinajstić information content (AvgIpc) is 2.18. The monoisotopic (exact) mass is 183 g/mol. The van der Waals surface area contributed by atoms with Gasteiger partial charge in [-0.05, 0) is 16.8 Å². The number of carbonyl (C=O) groups is 1. The normalized spacial score (nSPS) is 9.43. The quantitative estimate of drug-likeness (QED) is 0.542. The van der Waals surface area contributed by atoms with Crippen LogP contribution >= 0.6 is 0 Å². The van der Waals surface area contributed by atoms with Crippen molar-refractivity contribution < 1.29 is 9.90 Å². The van der Waals surface area contributed by atoms with Crippen molar-refractivity contribution in [3.8, 4) is 5.75 Å². The lowest BCUT2D eigenvalue weighted by Gasteiger charge is -2.01. The summed E-state index contributed by atoms with van der Waals surface area (Å²) in [5.41, 5.74) is 0.359. The van der Waals surface area contributed by atoms with Gasteiger partial charge in [0.05, 0.1) is 5.56 Å². The van der Waals surface area contributed by atoms with E-state index in [0.29, 0.717) is 11.8 Å². The summed E-state index contributed by atoms with van der Waals surface area (Å²) in [6.45, 7) is 0. The van der Waals surface area contributed by atoms with Gasteiger partial charge >= 0.3 is 0 Å². The second-order valence-corrected chi connectivity index (χ2v) is 2.84. The molecule has 0 atom stereocenters. The highest BCUT2D eigenvalue weighted by atomic mass is 16.3. The van der Waals surface area contributed by atoms with Gasteiger partial charge in [-0.15, -0.1) is 0 Å². The number of benzene rings is 2. The number of hydrogen-bond acceptors (Lipinski definition) is 2. The Labute approximate surface area is 83.8 Å². The summed E-state index contributed by atoms with van der Waals surface area (Å²) in [5.74, 6) is 0.0358. The fourth-order valence-electron chi connectivity index (χ4n) is 1.41. The van der Waals surface area contributed by atoms with Crippen molar-refractivity contribution in [3.63, 3.8) is 0 Å². The van der Waals surface area contributed by atoms with E-state index in [1.54, 1.807) is 6.07 Å². The molecule has 0 amide bonds. The molecule has 67 valence electrons. The number of phenols is 1. The molecule has 2 nitrogen and oxygen atoms in total. The number of aromatic hydroxyl groups is 1. The summed E-state index contributed by atoms with van der Waals surface area (Å²) < 4.78 is 0. The summed E-state index contributed by atoms with van der Waals surface area (Å²) >= 11 is 0. The van der Waals surface area contributed by atoms with Gasteiger partial charge in [0, 0.05) is 8.41 Å². The average molecular weight is 183 g/mol. The number of hydrogen-bond donors (Lipinski definition) is 1. The third-order valence-corrected chi connectivity index (χ3v) is 2.07. The van der Waals surface area contributed by atoms with Gasteiger partial charge < -0.3 is 5.11 Å². The van der Waals surface area contributed by atoms with Crippen LogP contribution in [0.3, 0.4) is 0 Å². The van der Waals surface area contributed by atoms with Gasteiger partial charge in [-0.2, -0.15) is 0 Å². The molecule has 3 radical (unpaired) electrons. The van der Waals surface area contributed by atoms with E-state index in [4.69, 9.17) is 0 Å². The molecular formula is C11H8BO2. The number of phenolic OH excluding ortho intramolecular Hbond substituents is 1. The van der Waals surface area contributed by atoms with Crippen molar-refractivity contribution in [2.45, 2.75) is 0 Å². The van der Waals surface area contributed by atoms with Crippen LogP contribution in [-0.4, -0.2) is 19.8 Å². The second kappa shape index (κ2) is 3.96. The molecule has 0 fully saturated rings. The Balaban J connectivity index is 0.000000980. The fourth-order valence-corrected chi connectivity index (χ4v) is 1.41. The van der Waals surface area contributed by atoms with Crippen LogP contribution in [0.5, 0.6) is 5.75 Å². The Hall–Kier alpha value is -1.77. The maximum Gasteiger partial charge on any atom is 0.154 e. The van der Waals surface area contributed by atoms with E-state index in [1.165, 1.54) is 6.07 Å². The topological polar surface area (TPSA) is 37.3 Å². The van der Waals surface area contributed by atoms with Gasteiger partial charge in [0.15, 0.2) is 6.29 Å². The Morgan fingerprint density at radius 2 is 1.79 bits per heavy atom. The Morgan fingerprint density at radius 1 is 1.07 bits per heavy atom. The van der Waals surface area contributed by atoms with Crippen molar-refractivity contribution in [1.82, 2.24) is 0 Å². The summed E-state index contributed by atoms with van der Waals surface area (Å²) in [6.07, 6.45) is 0.678. The minimum atomic E-state index is 0. The van der Waals surface area contributed by atoms with Crippen LogP contribution in [0.25, 0.3) is 10.8 Å². The third-order valence-electron chi connectivity index (χ3n) is 2.07. The highest BCUT2D eigenvalue weighted by Crippen LogP contribution is 2.24. The maximum absolute atomic E-state index is 10.7. The van der Waals surface area contributed by atoms with Crippen molar-refractivity contribution in [1.29, 1.82) is 0 Å². The van der Waals surface area contributed by atoms with Crippen LogP contribution in [0, 0.1) is 0 Å². The van der Waals surface area contributed by atoms with E-state index >= 15 is 0 Å². The lowest BCUT2D eigenvalue weighted by molar-refractivity contribution is 0.112. The predicted molar refractivity (Wildman–Crippen MR) is 56.8 cm³/mol. The smallest absolute Gasteiger partial charge is 0.154 e. The zero-order valence-electron chi connectivity index (χ0n) is 7.47. The molecule has 0 saturated carbocycles. The van der Waals surface area contributed by atoms with Gasteiger partial charge in [-0.25, -0.2) is 0 Å². The molecule has 0 heterocycles. The highest BCUT2D eigenvalue weighted by molar-refractivity contribution is 6.00. The fraction of sp³-hybridized carbons (Fsp3) is 0. The zero-order chi connectivity index (χ0) is 9.26. The van der Waals surface area contributed by atoms with Gasteiger partial charge in [-0.1, -0.05) is 30.3 Å². The minimum absolute atomic E-state index is 0. The summed E-state index contributed by atoms with van der Waals surface area (Å²) in [7, 11) is 0. The lowest BCUT2D eigenvalue weighted by atomic mass is 10.0. The van der Waals surface area contributed by atoms with Crippen LogP contribution in [0.1, 0.15) is 10.4 Å². The van der Waals surface area contributed by atoms with Crippen LogP contribution < -0.4 is 0 Å². The van der Waals surface area contributed by atoms with Crippen molar-refractivity contribution in [3.05, 3.63) is 42.0 Å². The number of rotatable bonds is 1. The first-order valence-electron chi connectivity index (χ1n) is 3.99. The summed E-state index contributed by atoms with van der Waals surface area (Å²) in [6, 6.07) is 10.8. The molecule has 0 spiro atoms. The van der Waals surface area contributed by atoms with E-state index < -0.39 is 0 Å². The van der Waals surface area contributed by atoms with Crippen LogP contribution in [-0.2, 0) is 0 Å². The first-order valence-corrected chi connectivity index (χ1v) is 3.99. The Morgan fingerprint density at radius 3 is 2.50 bits per heavy atom. The van der Waals surface area contributed by atoms with Gasteiger partial charge in [0.1, 0.15) is 5.75 Å². The van der Waals surface area contributed by atoms with E-state index in [0.717, 1.165) is 10.8 Å². The van der Waals surface area contributed by atoms with Gasteiger partial charge in [-0.3, -0.25) is 4.79 Å². The van der Waals surface area contributed by atoms with Crippen molar-refractivity contribution in [2.75, 3.05) is 0 Å². The number of carbonyl (C=O) groups excluding carboxylic acids is 1. The molecule has 0 aromatic heterocycles. The van der Waals surface area contributed by atoms with Gasteiger partial charge in [0.2, 0.25) is 0 Å². The van der Waals surface area contributed by atoms with E-state index in [-0.39, 0.29) is 14.2 Å². The molecule has 14 heavy (non-hydrogen) atoms. The van der Waals surface area contributed by atoms with E-state index in [2.05, 4.69) is 0 Å². The highest BCUT2D eigenvalue weighted by Gasteiger charge is 2.03. The second-order valence-electron chi connectivity index (χ2n) is 2.84. The summed E-state index contributed by atoms with van der Waals surface area (Å²) in [5, 5.41) is 11.1. The van der Waals surface area contributed by atoms with E-state index in [1.807, 2.05) is 24.3 Å². The molecule has 2 aromatic rings. The Bertz CT molecular complexity index is 466. The molecular weight excluding hydrogens is 175 g/mol. The molecule has 0 bridgehead atoms. The van der Waals surface area contributed by atoms with Crippen molar-refractivity contribution in [2.24, 2.45) is 0 Å². The molecule has 0 saturated heterocycles. The molecule has 1 N–H and O–H groups in total. The third kappa shape index (κ3) is 1.49. The Kier molecular flexibility index (Phi) is 2.92. The molecule has 2 rings (SSSR count). The minimum Gasteiger partial charge on any atom is -0.507 e. The number of fused-ring (bicyclic) bond motifs is 1. The van der Waals surface area contributed by atoms with E-state index in [9.17, 15) is 9.90 Å². The molecule has 3 heteroatoms. The molecule has 0 unspecified atom stereocenters. The molecule has 2 aromatic carbocycles.